The Balaban J connectivity index is 2.05. The van der Waals surface area contributed by atoms with Crippen LogP contribution in [0.3, 0.4) is 0 Å². The first-order valence-electron chi connectivity index (χ1n) is 8.67. The molecule has 0 spiro atoms. The van der Waals surface area contributed by atoms with Crippen molar-refractivity contribution in [1.29, 1.82) is 0 Å². The molecule has 0 aliphatic carbocycles. The van der Waals surface area contributed by atoms with Gasteiger partial charge < -0.3 is 9.47 Å². The fourth-order valence-electron chi connectivity index (χ4n) is 2.37. The highest BCUT2D eigenvalue weighted by molar-refractivity contribution is 7.98. The van der Waals surface area contributed by atoms with Crippen LogP contribution in [0.15, 0.2) is 35.5 Å². The SMILES string of the molecule is COc1cccc(OC)c1SNC(=O)NS(=O)(=O)[C@H](C)[C@@H](C)c1ncc(C)cn1. The minimum absolute atomic E-state index is 0.391. The van der Waals surface area contributed by atoms with Gasteiger partial charge >= 0.3 is 6.03 Å². The van der Waals surface area contributed by atoms with Crippen LogP contribution in [0.2, 0.25) is 0 Å². The summed E-state index contributed by atoms with van der Waals surface area (Å²) in [7, 11) is -0.999. The van der Waals surface area contributed by atoms with E-state index in [4.69, 9.17) is 9.47 Å². The minimum Gasteiger partial charge on any atom is -0.495 e. The van der Waals surface area contributed by atoms with Crippen molar-refractivity contribution in [3.05, 3.63) is 42.0 Å². The molecule has 9 nitrogen and oxygen atoms in total. The van der Waals surface area contributed by atoms with Gasteiger partial charge in [0, 0.05) is 18.3 Å². The molecule has 0 fully saturated rings. The maximum atomic E-state index is 12.6. The van der Waals surface area contributed by atoms with Crippen molar-refractivity contribution in [1.82, 2.24) is 19.4 Å². The Labute approximate surface area is 174 Å². The van der Waals surface area contributed by atoms with Gasteiger partial charge in [-0.3, -0.25) is 4.72 Å². The van der Waals surface area contributed by atoms with E-state index < -0.39 is 27.2 Å². The molecule has 0 aliphatic heterocycles. The van der Waals surface area contributed by atoms with Gasteiger partial charge in [0.1, 0.15) is 22.2 Å². The van der Waals surface area contributed by atoms with Crippen molar-refractivity contribution in [2.45, 2.75) is 36.8 Å². The molecule has 2 aromatic rings. The fraction of sp³-hybridized carbons (Fsp3) is 0.389. The number of hydrogen-bond donors (Lipinski definition) is 2. The maximum absolute atomic E-state index is 12.6. The van der Waals surface area contributed by atoms with E-state index in [1.807, 2.05) is 11.6 Å². The molecule has 2 atom stereocenters. The molecule has 2 rings (SSSR count). The van der Waals surface area contributed by atoms with Crippen LogP contribution in [-0.4, -0.2) is 43.9 Å². The summed E-state index contributed by atoms with van der Waals surface area (Å²) in [4.78, 5) is 21.1. The van der Waals surface area contributed by atoms with Gasteiger partial charge in [-0.2, -0.15) is 0 Å². The van der Waals surface area contributed by atoms with E-state index in [0.29, 0.717) is 22.2 Å². The number of rotatable bonds is 8. The predicted molar refractivity (Wildman–Crippen MR) is 111 cm³/mol. The Morgan fingerprint density at radius 2 is 1.66 bits per heavy atom. The topological polar surface area (TPSA) is 120 Å². The quantitative estimate of drug-likeness (QED) is 0.601. The zero-order valence-corrected chi connectivity index (χ0v) is 18.4. The molecule has 1 heterocycles. The second-order valence-corrected chi connectivity index (χ2v) is 9.14. The highest BCUT2D eigenvalue weighted by atomic mass is 32.2. The molecule has 158 valence electrons. The Kier molecular flexibility index (Phi) is 7.68. The third-order valence-corrected chi connectivity index (χ3v) is 7.02. The normalized spacial score (nSPS) is 13.3. The van der Waals surface area contributed by atoms with Crippen molar-refractivity contribution in [2.24, 2.45) is 0 Å². The number of methoxy groups -OCH3 is 2. The Morgan fingerprint density at radius 1 is 1.10 bits per heavy atom. The number of nitrogens with zero attached hydrogens (tertiary/aromatic N) is 2. The van der Waals surface area contributed by atoms with Crippen molar-refractivity contribution in [2.75, 3.05) is 14.2 Å². The average molecular weight is 441 g/mol. The number of sulfonamides is 1. The molecule has 0 aliphatic rings. The number of urea groups is 1. The minimum atomic E-state index is -3.97. The van der Waals surface area contributed by atoms with Gasteiger partial charge in [0.2, 0.25) is 10.0 Å². The fourth-order valence-corrected chi connectivity index (χ4v) is 4.34. The molecule has 2 amide bonds. The summed E-state index contributed by atoms with van der Waals surface area (Å²) in [6, 6.07) is 4.26. The summed E-state index contributed by atoms with van der Waals surface area (Å²) in [5, 5.41) is -0.929. The monoisotopic (exact) mass is 440 g/mol. The third kappa shape index (κ3) is 5.73. The van der Waals surface area contributed by atoms with E-state index >= 15 is 0 Å². The van der Waals surface area contributed by atoms with Gasteiger partial charge in [0.25, 0.3) is 0 Å². The zero-order valence-electron chi connectivity index (χ0n) is 16.8. The lowest BCUT2D eigenvalue weighted by molar-refractivity contribution is 0.251. The van der Waals surface area contributed by atoms with Crippen molar-refractivity contribution < 1.29 is 22.7 Å². The number of aromatic nitrogens is 2. The van der Waals surface area contributed by atoms with Gasteiger partial charge in [-0.05, 0) is 43.5 Å². The van der Waals surface area contributed by atoms with E-state index in [2.05, 4.69) is 14.7 Å². The van der Waals surface area contributed by atoms with Gasteiger partial charge in [-0.25, -0.2) is 27.9 Å². The largest absolute Gasteiger partial charge is 0.495 e. The lowest BCUT2D eigenvalue weighted by atomic mass is 10.1. The summed E-state index contributed by atoms with van der Waals surface area (Å²) in [5.41, 5.74) is 0.873. The first-order valence-corrected chi connectivity index (χ1v) is 11.0. The van der Waals surface area contributed by atoms with E-state index in [1.165, 1.54) is 21.1 Å². The van der Waals surface area contributed by atoms with E-state index in [1.54, 1.807) is 37.5 Å². The molecule has 1 aromatic carbocycles. The molecule has 0 unspecified atom stereocenters. The number of aryl methyl sites for hydroxylation is 1. The van der Waals surface area contributed by atoms with Crippen LogP contribution in [-0.2, 0) is 10.0 Å². The molecule has 0 saturated heterocycles. The van der Waals surface area contributed by atoms with Gasteiger partial charge in [0.15, 0.2) is 0 Å². The number of ether oxygens (including phenoxy) is 2. The zero-order chi connectivity index (χ0) is 21.6. The van der Waals surface area contributed by atoms with Crippen molar-refractivity contribution in [3.8, 4) is 11.5 Å². The van der Waals surface area contributed by atoms with Gasteiger partial charge in [-0.1, -0.05) is 13.0 Å². The summed E-state index contributed by atoms with van der Waals surface area (Å²) < 4.78 is 40.1. The molecule has 2 N–H and O–H groups in total. The summed E-state index contributed by atoms with van der Waals surface area (Å²) in [5.74, 6) is 0.844. The third-order valence-electron chi connectivity index (χ3n) is 4.27. The highest BCUT2D eigenvalue weighted by Crippen LogP contribution is 2.35. The Morgan fingerprint density at radius 3 is 2.17 bits per heavy atom. The van der Waals surface area contributed by atoms with Gasteiger partial charge in [-0.15, -0.1) is 0 Å². The molecule has 1 aromatic heterocycles. The number of hydrogen-bond acceptors (Lipinski definition) is 8. The standard InChI is InChI=1S/C18H24N4O5S2/c1-11-9-19-17(20-10-11)12(2)13(3)29(24,25)22-18(23)21-28-16-14(26-4)7-6-8-15(16)27-5/h6-10,12-13H,1-5H3,(H2,21,22,23)/t12-,13-/m1/s1. The molecular weight excluding hydrogens is 416 g/mol. The maximum Gasteiger partial charge on any atom is 0.338 e. The Hall–Kier alpha value is -2.53. The summed E-state index contributed by atoms with van der Waals surface area (Å²) >= 11 is 0.889. The first-order chi connectivity index (χ1) is 13.7. The van der Waals surface area contributed by atoms with Crippen LogP contribution in [0.5, 0.6) is 11.5 Å². The smallest absolute Gasteiger partial charge is 0.338 e. The second kappa shape index (κ2) is 9.79. The van der Waals surface area contributed by atoms with Crippen LogP contribution >= 0.6 is 11.9 Å². The molecule has 0 bridgehead atoms. The van der Waals surface area contributed by atoms with Crippen molar-refractivity contribution in [3.63, 3.8) is 0 Å². The number of benzene rings is 1. The highest BCUT2D eigenvalue weighted by Gasteiger charge is 2.31. The number of carbonyl (C=O) groups excluding carboxylic acids is 1. The average Bonchev–Trinajstić information content (AvgIpc) is 2.70. The van der Waals surface area contributed by atoms with E-state index in [9.17, 15) is 13.2 Å². The van der Waals surface area contributed by atoms with Crippen LogP contribution in [0, 0.1) is 6.92 Å². The first kappa shape index (κ1) is 22.8. The number of nitrogens with one attached hydrogen (secondary N) is 2. The molecule has 0 saturated carbocycles. The summed E-state index contributed by atoms with van der Waals surface area (Å²) in [6.45, 7) is 5.04. The molecule has 29 heavy (non-hydrogen) atoms. The summed E-state index contributed by atoms with van der Waals surface area (Å²) in [6.07, 6.45) is 3.24. The van der Waals surface area contributed by atoms with Crippen LogP contribution in [0.4, 0.5) is 4.79 Å². The van der Waals surface area contributed by atoms with Crippen LogP contribution in [0.1, 0.15) is 31.2 Å². The lowest BCUT2D eigenvalue weighted by Gasteiger charge is -2.19. The van der Waals surface area contributed by atoms with Crippen LogP contribution in [0.25, 0.3) is 0 Å². The van der Waals surface area contributed by atoms with Crippen molar-refractivity contribution >= 4 is 28.0 Å². The number of carbonyl (C=O) groups is 1. The second-order valence-electron chi connectivity index (χ2n) is 6.28. The predicted octanol–water partition coefficient (Wildman–Crippen LogP) is 2.63. The Bertz CT molecular complexity index is 929. The van der Waals surface area contributed by atoms with E-state index in [-0.39, 0.29) is 0 Å². The van der Waals surface area contributed by atoms with Gasteiger partial charge in [0.05, 0.1) is 19.5 Å². The van der Waals surface area contributed by atoms with E-state index in [0.717, 1.165) is 17.5 Å². The number of amides is 2. The molecular formula is C18H24N4O5S2. The molecule has 0 radical (unpaired) electrons. The van der Waals surface area contributed by atoms with Crippen LogP contribution < -0.4 is 18.9 Å². The lowest BCUT2D eigenvalue weighted by Crippen LogP contribution is -2.42. The molecule has 11 heteroatoms.